The molecular formula is C20H22N6O3S2. The number of hydrogen-bond donors (Lipinski definition) is 2. The largest absolute Gasteiger partial charge is 0.378 e. The minimum absolute atomic E-state index is 0.0422. The summed E-state index contributed by atoms with van der Waals surface area (Å²) < 4.78 is 7.37. The average Bonchev–Trinajstić information content (AvgIpc) is 3.47. The van der Waals surface area contributed by atoms with Gasteiger partial charge in [-0.25, -0.2) is 4.79 Å². The van der Waals surface area contributed by atoms with E-state index >= 15 is 0 Å². The molecule has 0 unspecified atom stereocenters. The first-order valence-electron chi connectivity index (χ1n) is 9.77. The van der Waals surface area contributed by atoms with Gasteiger partial charge in [-0.2, -0.15) is 0 Å². The summed E-state index contributed by atoms with van der Waals surface area (Å²) in [5.74, 6) is 0.357. The summed E-state index contributed by atoms with van der Waals surface area (Å²) in [5, 5.41) is 16.2. The van der Waals surface area contributed by atoms with E-state index in [0.29, 0.717) is 30.9 Å². The number of ether oxygens (including phenoxy) is 1. The number of carbonyl (C=O) groups is 2. The van der Waals surface area contributed by atoms with Crippen molar-refractivity contribution in [3.8, 4) is 5.69 Å². The smallest absolute Gasteiger partial charge is 0.321 e. The van der Waals surface area contributed by atoms with Gasteiger partial charge in [0, 0.05) is 18.0 Å². The van der Waals surface area contributed by atoms with Crippen molar-refractivity contribution in [2.45, 2.75) is 11.7 Å². The summed E-state index contributed by atoms with van der Waals surface area (Å²) in [7, 11) is 0. The molecule has 1 aromatic carbocycles. The van der Waals surface area contributed by atoms with E-state index in [-0.39, 0.29) is 5.75 Å². The lowest BCUT2D eigenvalue weighted by molar-refractivity contribution is -0.117. The van der Waals surface area contributed by atoms with E-state index in [0.717, 1.165) is 23.7 Å². The van der Waals surface area contributed by atoms with Crippen LogP contribution in [0.5, 0.6) is 0 Å². The molecule has 3 amide bonds. The second kappa shape index (κ2) is 10.4. The molecule has 1 fully saturated rings. The monoisotopic (exact) mass is 458 g/mol. The number of amides is 3. The number of para-hydroxylation sites is 1. The first-order chi connectivity index (χ1) is 15.2. The second-order valence-electron chi connectivity index (χ2n) is 6.65. The van der Waals surface area contributed by atoms with E-state index in [9.17, 15) is 9.59 Å². The zero-order chi connectivity index (χ0) is 21.5. The number of thioether (sulfide) groups is 1. The van der Waals surface area contributed by atoms with Gasteiger partial charge in [-0.1, -0.05) is 36.0 Å². The number of benzene rings is 1. The van der Waals surface area contributed by atoms with Gasteiger partial charge in [0.1, 0.15) is 0 Å². The molecule has 162 valence electrons. The molecule has 0 radical (unpaired) electrons. The lowest BCUT2D eigenvalue weighted by Gasteiger charge is -2.27. The topological polar surface area (TPSA) is 101 Å². The number of morpholine rings is 1. The van der Waals surface area contributed by atoms with Crippen molar-refractivity contribution in [2.75, 3.05) is 37.0 Å². The number of carbonyl (C=O) groups excluding carboxylic acids is 2. The minimum atomic E-state index is -0.516. The van der Waals surface area contributed by atoms with Gasteiger partial charge in [0.25, 0.3) is 0 Å². The minimum Gasteiger partial charge on any atom is -0.378 e. The number of hydrogen-bond acceptors (Lipinski definition) is 8. The number of aromatic nitrogens is 3. The fourth-order valence-electron chi connectivity index (χ4n) is 3.04. The van der Waals surface area contributed by atoms with Gasteiger partial charge in [0.05, 0.1) is 31.2 Å². The number of thiophene rings is 1. The fraction of sp³-hybridized carbons (Fsp3) is 0.300. The molecular weight excluding hydrogens is 436 g/mol. The number of rotatable bonds is 7. The van der Waals surface area contributed by atoms with Crippen LogP contribution in [-0.2, 0) is 16.1 Å². The highest BCUT2D eigenvalue weighted by atomic mass is 32.2. The highest BCUT2D eigenvalue weighted by molar-refractivity contribution is 7.99. The lowest BCUT2D eigenvalue weighted by Crippen LogP contribution is -2.39. The van der Waals surface area contributed by atoms with Crippen LogP contribution in [-0.4, -0.2) is 58.8 Å². The van der Waals surface area contributed by atoms with Crippen LogP contribution in [0.4, 0.5) is 10.7 Å². The predicted molar refractivity (Wildman–Crippen MR) is 120 cm³/mol. The van der Waals surface area contributed by atoms with Crippen LogP contribution in [0.25, 0.3) is 5.69 Å². The Morgan fingerprint density at radius 2 is 1.90 bits per heavy atom. The predicted octanol–water partition coefficient (Wildman–Crippen LogP) is 2.28. The van der Waals surface area contributed by atoms with Crippen molar-refractivity contribution in [3.63, 3.8) is 0 Å². The molecule has 0 saturated carbocycles. The number of urea groups is 1. The zero-order valence-electron chi connectivity index (χ0n) is 16.7. The van der Waals surface area contributed by atoms with Crippen LogP contribution in [0.15, 0.2) is 53.0 Å². The summed E-state index contributed by atoms with van der Waals surface area (Å²) in [5.41, 5.74) is 0.908. The van der Waals surface area contributed by atoms with Crippen LogP contribution in [0.1, 0.15) is 4.88 Å². The van der Waals surface area contributed by atoms with Gasteiger partial charge in [-0.05, 0) is 23.6 Å². The first-order valence-corrected chi connectivity index (χ1v) is 11.6. The van der Waals surface area contributed by atoms with Crippen LogP contribution in [0.3, 0.4) is 0 Å². The van der Waals surface area contributed by atoms with Crippen LogP contribution >= 0.6 is 23.1 Å². The van der Waals surface area contributed by atoms with E-state index in [1.807, 2.05) is 52.4 Å². The Hall–Kier alpha value is -2.89. The van der Waals surface area contributed by atoms with Crippen molar-refractivity contribution < 1.29 is 14.3 Å². The molecule has 1 aliphatic rings. The quantitative estimate of drug-likeness (QED) is 0.524. The van der Waals surface area contributed by atoms with Crippen LogP contribution in [0, 0.1) is 0 Å². The van der Waals surface area contributed by atoms with Gasteiger partial charge in [-0.3, -0.25) is 14.7 Å². The van der Waals surface area contributed by atoms with Gasteiger partial charge in [0.2, 0.25) is 11.9 Å². The Balaban J connectivity index is 1.40. The Morgan fingerprint density at radius 3 is 2.65 bits per heavy atom. The van der Waals surface area contributed by atoms with Gasteiger partial charge in [0.15, 0.2) is 5.16 Å². The summed E-state index contributed by atoms with van der Waals surface area (Å²) in [6.45, 7) is 3.09. The summed E-state index contributed by atoms with van der Waals surface area (Å²) in [4.78, 5) is 27.4. The molecule has 9 nitrogen and oxygen atoms in total. The highest BCUT2D eigenvalue weighted by Crippen LogP contribution is 2.27. The maximum atomic E-state index is 12.3. The zero-order valence-corrected chi connectivity index (χ0v) is 18.3. The van der Waals surface area contributed by atoms with Gasteiger partial charge < -0.3 is 15.0 Å². The number of nitrogens with zero attached hydrogens (tertiary/aromatic N) is 4. The molecule has 0 atom stereocenters. The van der Waals surface area contributed by atoms with Crippen molar-refractivity contribution in [1.29, 1.82) is 0 Å². The third kappa shape index (κ3) is 5.63. The molecule has 3 aromatic rings. The molecule has 2 aromatic heterocycles. The second-order valence-corrected chi connectivity index (χ2v) is 8.63. The number of imide groups is 1. The molecule has 31 heavy (non-hydrogen) atoms. The first kappa shape index (κ1) is 21.3. The Labute approximate surface area is 187 Å². The van der Waals surface area contributed by atoms with Gasteiger partial charge in [-0.15, -0.1) is 21.5 Å². The van der Waals surface area contributed by atoms with Crippen molar-refractivity contribution in [1.82, 2.24) is 25.4 Å². The van der Waals surface area contributed by atoms with E-state index in [1.54, 1.807) is 11.3 Å². The summed E-state index contributed by atoms with van der Waals surface area (Å²) >= 11 is 2.78. The Morgan fingerprint density at radius 1 is 1.10 bits per heavy atom. The maximum absolute atomic E-state index is 12.3. The molecule has 0 spiro atoms. The summed E-state index contributed by atoms with van der Waals surface area (Å²) in [6.07, 6.45) is 0. The molecule has 3 heterocycles. The molecule has 11 heteroatoms. The fourth-order valence-corrected chi connectivity index (χ4v) is 4.44. The lowest BCUT2D eigenvalue weighted by atomic mass is 10.3. The molecule has 4 rings (SSSR count). The third-order valence-electron chi connectivity index (χ3n) is 4.51. The molecule has 1 aliphatic heterocycles. The Bertz CT molecular complexity index is 1000. The molecule has 0 bridgehead atoms. The van der Waals surface area contributed by atoms with Crippen LogP contribution < -0.4 is 15.5 Å². The Kier molecular flexibility index (Phi) is 7.18. The standard InChI is InChI=1S/C20H22N6O3S2/c27-17(22-18(28)21-13-16-7-4-12-30-16)14-31-20-24-23-19(25-8-10-29-11-9-25)26(20)15-5-2-1-3-6-15/h1-7,12H,8-11,13-14H2,(H2,21,22,27,28). The number of anilines is 1. The van der Waals surface area contributed by atoms with Crippen LogP contribution in [0.2, 0.25) is 0 Å². The number of nitrogens with one attached hydrogen (secondary N) is 2. The normalized spacial score (nSPS) is 13.7. The molecule has 1 saturated heterocycles. The van der Waals surface area contributed by atoms with E-state index < -0.39 is 11.9 Å². The van der Waals surface area contributed by atoms with E-state index in [4.69, 9.17) is 4.74 Å². The van der Waals surface area contributed by atoms with E-state index in [1.165, 1.54) is 11.8 Å². The molecule has 2 N–H and O–H groups in total. The maximum Gasteiger partial charge on any atom is 0.321 e. The molecule has 0 aliphatic carbocycles. The average molecular weight is 459 g/mol. The highest BCUT2D eigenvalue weighted by Gasteiger charge is 2.22. The summed E-state index contributed by atoms with van der Waals surface area (Å²) in [6, 6.07) is 13.1. The van der Waals surface area contributed by atoms with Crippen molar-refractivity contribution in [2.24, 2.45) is 0 Å². The van der Waals surface area contributed by atoms with Gasteiger partial charge >= 0.3 is 6.03 Å². The SMILES string of the molecule is O=C(CSc1nnc(N2CCOCC2)n1-c1ccccc1)NC(=O)NCc1cccs1. The third-order valence-corrected chi connectivity index (χ3v) is 6.32. The van der Waals surface area contributed by atoms with Crippen molar-refractivity contribution >= 4 is 41.0 Å². The van der Waals surface area contributed by atoms with Crippen molar-refractivity contribution in [3.05, 3.63) is 52.7 Å². The van der Waals surface area contributed by atoms with E-state index in [2.05, 4.69) is 25.7 Å².